The fraction of sp³-hybridized carbons (Fsp3) is 0.333. The molecule has 1 aliphatic carbocycles. The fourth-order valence-electron chi connectivity index (χ4n) is 6.63. The van der Waals surface area contributed by atoms with Crippen molar-refractivity contribution in [2.24, 2.45) is 0 Å². The third-order valence-corrected chi connectivity index (χ3v) is 8.60. The van der Waals surface area contributed by atoms with Crippen LogP contribution >= 0.6 is 0 Å². The van der Waals surface area contributed by atoms with Gasteiger partial charge in [-0.3, -0.25) is 0 Å². The normalized spacial score (nSPS) is 31.1. The van der Waals surface area contributed by atoms with Gasteiger partial charge in [-0.2, -0.15) is 0 Å². The first-order valence-electron chi connectivity index (χ1n) is 13.1. The molecule has 2 unspecified atom stereocenters. The maximum Gasteiger partial charge on any atom is 0.129 e. The molecule has 0 saturated heterocycles. The standard InChI is InChI=1S/C30H32N4O4/c1-29(13-35)31-19-7-3-5-15-9-11-17(25(33-29)21(15)19)23-27(37)24(28(23)38)18-12-10-16-6-4-8-20-22(16)26(18)34-30(2,14-36)32-20/h3-12,23-24,27-28,31-38H,13-14H2,1-2H3. The molecule has 4 aromatic carbocycles. The lowest BCUT2D eigenvalue weighted by molar-refractivity contribution is -0.0780. The molecule has 1 saturated carbocycles. The zero-order valence-electron chi connectivity index (χ0n) is 21.3. The lowest BCUT2D eigenvalue weighted by atomic mass is 9.62. The molecule has 2 aliphatic heterocycles. The van der Waals surface area contributed by atoms with Crippen LogP contribution in [0.4, 0.5) is 22.7 Å². The minimum Gasteiger partial charge on any atom is -0.392 e. The zero-order valence-corrected chi connectivity index (χ0v) is 21.3. The molecule has 38 heavy (non-hydrogen) atoms. The molecule has 0 radical (unpaired) electrons. The lowest BCUT2D eigenvalue weighted by Gasteiger charge is -2.50. The predicted octanol–water partition coefficient (Wildman–Crippen LogP) is 3.69. The van der Waals surface area contributed by atoms with E-state index in [0.717, 1.165) is 55.4 Å². The third kappa shape index (κ3) is 3.18. The maximum absolute atomic E-state index is 11.6. The van der Waals surface area contributed by atoms with Crippen LogP contribution in [0, 0.1) is 0 Å². The van der Waals surface area contributed by atoms with Gasteiger partial charge in [0.05, 0.1) is 25.4 Å². The number of anilines is 4. The largest absolute Gasteiger partial charge is 0.392 e. The molecule has 0 spiro atoms. The fourth-order valence-corrected chi connectivity index (χ4v) is 6.63. The molecule has 8 N–H and O–H groups in total. The highest BCUT2D eigenvalue weighted by Crippen LogP contribution is 2.55. The average molecular weight is 513 g/mol. The summed E-state index contributed by atoms with van der Waals surface area (Å²) in [4.78, 5) is 0. The van der Waals surface area contributed by atoms with Crippen molar-refractivity contribution in [3.8, 4) is 0 Å². The maximum atomic E-state index is 11.6. The number of rotatable bonds is 4. The Bertz CT molecular complexity index is 1480. The van der Waals surface area contributed by atoms with E-state index in [1.807, 2.05) is 74.5 Å². The quantitative estimate of drug-likeness (QED) is 0.208. The minimum absolute atomic E-state index is 0.137. The Labute approximate surface area is 220 Å². The Morgan fingerprint density at radius 3 is 1.42 bits per heavy atom. The van der Waals surface area contributed by atoms with Crippen LogP contribution in [0.2, 0.25) is 0 Å². The van der Waals surface area contributed by atoms with Gasteiger partial charge < -0.3 is 41.7 Å². The first-order valence-corrected chi connectivity index (χ1v) is 13.1. The lowest BCUT2D eigenvalue weighted by Crippen LogP contribution is -2.54. The number of hydrogen-bond acceptors (Lipinski definition) is 8. The second-order valence-corrected chi connectivity index (χ2v) is 11.4. The molecule has 8 heteroatoms. The second-order valence-electron chi connectivity index (χ2n) is 11.4. The van der Waals surface area contributed by atoms with E-state index in [9.17, 15) is 20.4 Å². The Balaban J connectivity index is 1.32. The molecule has 8 nitrogen and oxygen atoms in total. The van der Waals surface area contributed by atoms with Gasteiger partial charge in [0.25, 0.3) is 0 Å². The van der Waals surface area contributed by atoms with Crippen molar-refractivity contribution < 1.29 is 20.4 Å². The van der Waals surface area contributed by atoms with Crippen molar-refractivity contribution in [1.82, 2.24) is 0 Å². The van der Waals surface area contributed by atoms with Crippen molar-refractivity contribution in [3.63, 3.8) is 0 Å². The van der Waals surface area contributed by atoms with Gasteiger partial charge in [0.1, 0.15) is 11.3 Å². The Morgan fingerprint density at radius 1 is 0.605 bits per heavy atom. The van der Waals surface area contributed by atoms with Crippen LogP contribution in [0.1, 0.15) is 36.8 Å². The zero-order chi connectivity index (χ0) is 26.4. The first kappa shape index (κ1) is 23.5. The van der Waals surface area contributed by atoms with Crippen molar-refractivity contribution in [2.45, 2.75) is 49.2 Å². The van der Waals surface area contributed by atoms with Gasteiger partial charge >= 0.3 is 0 Å². The summed E-state index contributed by atoms with van der Waals surface area (Å²) in [5.41, 5.74) is 3.56. The van der Waals surface area contributed by atoms with Crippen LogP contribution in [0.3, 0.4) is 0 Å². The molecule has 2 atom stereocenters. The highest BCUT2D eigenvalue weighted by molar-refractivity contribution is 6.08. The molecule has 196 valence electrons. The van der Waals surface area contributed by atoms with E-state index in [-0.39, 0.29) is 13.2 Å². The SMILES string of the molecule is CC1(CO)Nc2cccc3ccc(C4C(O)C(c5ccc6cccc7c6c5NC(C)(CO)N7)C4O)c(c23)N1. The summed E-state index contributed by atoms with van der Waals surface area (Å²) in [6.07, 6.45) is -1.67. The van der Waals surface area contributed by atoms with Crippen LogP contribution in [0.25, 0.3) is 21.5 Å². The Hall–Kier alpha value is -3.56. The number of hydrogen-bond donors (Lipinski definition) is 8. The molecule has 4 aromatic rings. The summed E-state index contributed by atoms with van der Waals surface area (Å²) >= 11 is 0. The van der Waals surface area contributed by atoms with Gasteiger partial charge in [0.15, 0.2) is 0 Å². The van der Waals surface area contributed by atoms with E-state index in [2.05, 4.69) is 21.3 Å². The van der Waals surface area contributed by atoms with Crippen LogP contribution in [0.5, 0.6) is 0 Å². The highest BCUT2D eigenvalue weighted by Gasteiger charge is 2.53. The first-order chi connectivity index (χ1) is 18.3. The van der Waals surface area contributed by atoms with Crippen LogP contribution in [0.15, 0.2) is 60.7 Å². The van der Waals surface area contributed by atoms with Crippen LogP contribution in [-0.2, 0) is 0 Å². The van der Waals surface area contributed by atoms with Gasteiger partial charge in [-0.05, 0) is 47.9 Å². The molecule has 1 fully saturated rings. The number of aliphatic hydroxyl groups is 4. The molecule has 7 rings (SSSR count). The second kappa shape index (κ2) is 7.97. The third-order valence-electron chi connectivity index (χ3n) is 8.60. The topological polar surface area (TPSA) is 129 Å². The summed E-state index contributed by atoms with van der Waals surface area (Å²) in [5.74, 6) is -1.02. The predicted molar refractivity (Wildman–Crippen MR) is 151 cm³/mol. The molecule has 0 amide bonds. The summed E-state index contributed by atoms with van der Waals surface area (Å²) in [6, 6.07) is 19.9. The number of benzene rings is 4. The van der Waals surface area contributed by atoms with Crippen molar-refractivity contribution in [1.29, 1.82) is 0 Å². The molecule has 0 aromatic heterocycles. The monoisotopic (exact) mass is 512 g/mol. The summed E-state index contributed by atoms with van der Waals surface area (Å²) in [5, 5.41) is 61.2. The average Bonchev–Trinajstić information content (AvgIpc) is 2.91. The van der Waals surface area contributed by atoms with Crippen LogP contribution in [-0.4, -0.2) is 57.2 Å². The van der Waals surface area contributed by atoms with Gasteiger partial charge in [-0.1, -0.05) is 48.5 Å². The van der Waals surface area contributed by atoms with E-state index < -0.39 is 35.4 Å². The molecule has 3 aliphatic rings. The van der Waals surface area contributed by atoms with Gasteiger partial charge in [-0.15, -0.1) is 0 Å². The van der Waals surface area contributed by atoms with E-state index in [1.165, 1.54) is 0 Å². The van der Waals surface area contributed by atoms with Gasteiger partial charge in [0.2, 0.25) is 0 Å². The van der Waals surface area contributed by atoms with E-state index in [1.54, 1.807) is 0 Å². The van der Waals surface area contributed by atoms with Crippen LogP contribution < -0.4 is 21.3 Å². The summed E-state index contributed by atoms with van der Waals surface area (Å²) in [6.45, 7) is 3.50. The summed E-state index contributed by atoms with van der Waals surface area (Å²) in [7, 11) is 0. The molecule has 2 heterocycles. The Morgan fingerprint density at radius 2 is 1.03 bits per heavy atom. The number of nitrogens with one attached hydrogen (secondary N) is 4. The van der Waals surface area contributed by atoms with E-state index in [0.29, 0.717) is 0 Å². The van der Waals surface area contributed by atoms with Crippen molar-refractivity contribution in [2.75, 3.05) is 34.5 Å². The van der Waals surface area contributed by atoms with E-state index in [4.69, 9.17) is 0 Å². The highest BCUT2D eigenvalue weighted by atomic mass is 16.3. The van der Waals surface area contributed by atoms with E-state index >= 15 is 0 Å². The van der Waals surface area contributed by atoms with Gasteiger partial charge in [-0.25, -0.2) is 0 Å². The smallest absolute Gasteiger partial charge is 0.129 e. The van der Waals surface area contributed by atoms with Crippen molar-refractivity contribution >= 4 is 44.3 Å². The number of aliphatic hydroxyl groups excluding tert-OH is 4. The molecular formula is C30H32N4O4. The Kier molecular flexibility index (Phi) is 4.94. The summed E-state index contributed by atoms with van der Waals surface area (Å²) < 4.78 is 0. The van der Waals surface area contributed by atoms with Gasteiger partial charge in [0, 0.05) is 45.4 Å². The van der Waals surface area contributed by atoms with Crippen molar-refractivity contribution in [3.05, 3.63) is 71.8 Å². The molecule has 0 bridgehead atoms. The molecular weight excluding hydrogens is 480 g/mol. The minimum atomic E-state index is -0.833.